The zero-order chi connectivity index (χ0) is 24.4. The number of carbonyl (C=O) groups excluding carboxylic acids is 1. The van der Waals surface area contributed by atoms with E-state index in [9.17, 15) is 20.2 Å². The van der Waals surface area contributed by atoms with Crippen LogP contribution in [-0.2, 0) is 17.8 Å². The van der Waals surface area contributed by atoms with Gasteiger partial charge in [-0.1, -0.05) is 42.5 Å². The van der Waals surface area contributed by atoms with Gasteiger partial charge in [0, 0.05) is 44.0 Å². The van der Waals surface area contributed by atoms with Gasteiger partial charge in [-0.05, 0) is 35.7 Å². The van der Waals surface area contributed by atoms with Gasteiger partial charge in [0.25, 0.3) is 5.69 Å². The summed E-state index contributed by atoms with van der Waals surface area (Å²) in [5.74, 6) is -0.457. The Bertz CT molecular complexity index is 1300. The van der Waals surface area contributed by atoms with Crippen LogP contribution >= 0.6 is 0 Å². The second kappa shape index (κ2) is 9.47. The van der Waals surface area contributed by atoms with Crippen LogP contribution in [0.25, 0.3) is 0 Å². The predicted octanol–water partition coefficient (Wildman–Crippen LogP) is 3.65. The number of fused-ring (bicyclic) bond motifs is 3. The van der Waals surface area contributed by atoms with E-state index >= 15 is 0 Å². The minimum atomic E-state index is -0.395. The van der Waals surface area contributed by atoms with E-state index in [0.717, 1.165) is 22.5 Å². The molecule has 3 aromatic carbocycles. The van der Waals surface area contributed by atoms with E-state index in [2.05, 4.69) is 21.2 Å². The van der Waals surface area contributed by atoms with Crippen molar-refractivity contribution < 1.29 is 9.72 Å². The molecular weight excluding hydrogens is 442 g/mol. The molecule has 2 atom stereocenters. The van der Waals surface area contributed by atoms with Crippen molar-refractivity contribution in [3.63, 3.8) is 0 Å². The Morgan fingerprint density at radius 3 is 2.60 bits per heavy atom. The third kappa shape index (κ3) is 4.41. The number of non-ortho nitro benzene ring substituents is 1. The summed E-state index contributed by atoms with van der Waals surface area (Å²) in [7, 11) is 0. The molecule has 1 N–H and O–H groups in total. The molecular formula is C27H25N5O3. The first kappa shape index (κ1) is 22.4. The van der Waals surface area contributed by atoms with Gasteiger partial charge in [-0.2, -0.15) is 5.26 Å². The molecule has 2 heterocycles. The molecule has 0 bridgehead atoms. The Morgan fingerprint density at radius 2 is 1.83 bits per heavy atom. The second-order valence-electron chi connectivity index (χ2n) is 8.92. The van der Waals surface area contributed by atoms with E-state index in [1.165, 1.54) is 6.07 Å². The van der Waals surface area contributed by atoms with Gasteiger partial charge in [-0.3, -0.25) is 14.9 Å². The SMILES string of the molecule is N#Cc1ccccc1N1CCN2c3ccc([N+](=O)[O-])cc3CC(C(=O)NCc3ccccc3)C2C1. The molecule has 2 aliphatic rings. The summed E-state index contributed by atoms with van der Waals surface area (Å²) in [6, 6.07) is 24.3. The van der Waals surface area contributed by atoms with Crippen molar-refractivity contribution in [3.05, 3.63) is 99.6 Å². The quantitative estimate of drug-likeness (QED) is 0.454. The molecule has 0 aromatic heterocycles. The summed E-state index contributed by atoms with van der Waals surface area (Å²) in [6.45, 7) is 2.34. The number of nitro groups is 1. The topological polar surface area (TPSA) is 103 Å². The third-order valence-electron chi connectivity index (χ3n) is 6.92. The zero-order valence-electron chi connectivity index (χ0n) is 19.1. The van der Waals surface area contributed by atoms with E-state index in [1.54, 1.807) is 18.2 Å². The standard InChI is InChI=1S/C27H25N5O3/c28-16-20-8-4-5-9-24(20)30-12-13-31-25-11-10-22(32(34)35)14-21(25)15-23(26(31)18-30)27(33)29-17-19-6-2-1-3-7-19/h1-11,14,23,26H,12-13,15,17-18H2,(H,29,33). The number of para-hydroxylation sites is 1. The Balaban J connectivity index is 1.46. The highest BCUT2D eigenvalue weighted by molar-refractivity contribution is 5.82. The Labute approximate surface area is 203 Å². The van der Waals surface area contributed by atoms with Crippen LogP contribution in [0.5, 0.6) is 0 Å². The summed E-state index contributed by atoms with van der Waals surface area (Å²) >= 11 is 0. The minimum Gasteiger partial charge on any atom is -0.367 e. The van der Waals surface area contributed by atoms with Crippen LogP contribution in [0.2, 0.25) is 0 Å². The van der Waals surface area contributed by atoms with E-state index in [4.69, 9.17) is 0 Å². The molecule has 176 valence electrons. The Kier molecular flexibility index (Phi) is 6.06. The van der Waals surface area contributed by atoms with E-state index in [-0.39, 0.29) is 23.6 Å². The summed E-state index contributed by atoms with van der Waals surface area (Å²) in [4.78, 5) is 28.9. The summed E-state index contributed by atoms with van der Waals surface area (Å²) < 4.78 is 0. The number of anilines is 2. The fourth-order valence-electron chi connectivity index (χ4n) is 5.20. The average Bonchev–Trinajstić information content (AvgIpc) is 2.91. The maximum absolute atomic E-state index is 13.5. The first-order valence-electron chi connectivity index (χ1n) is 11.6. The van der Waals surface area contributed by atoms with Gasteiger partial charge in [-0.25, -0.2) is 0 Å². The number of nitro benzene ring substituents is 1. The van der Waals surface area contributed by atoms with Gasteiger partial charge in [-0.15, -0.1) is 0 Å². The van der Waals surface area contributed by atoms with Crippen LogP contribution in [0.3, 0.4) is 0 Å². The molecule has 2 unspecified atom stereocenters. The smallest absolute Gasteiger partial charge is 0.269 e. The highest BCUT2D eigenvalue weighted by atomic mass is 16.6. The van der Waals surface area contributed by atoms with Crippen molar-refractivity contribution in [3.8, 4) is 6.07 Å². The second-order valence-corrected chi connectivity index (χ2v) is 8.92. The van der Waals surface area contributed by atoms with Gasteiger partial charge < -0.3 is 15.1 Å². The molecule has 1 saturated heterocycles. The number of carbonyl (C=O) groups is 1. The number of piperazine rings is 1. The maximum Gasteiger partial charge on any atom is 0.269 e. The largest absolute Gasteiger partial charge is 0.367 e. The van der Waals surface area contributed by atoms with Crippen molar-refractivity contribution in [2.75, 3.05) is 29.4 Å². The van der Waals surface area contributed by atoms with Crippen LogP contribution < -0.4 is 15.1 Å². The van der Waals surface area contributed by atoms with Crippen LogP contribution in [-0.4, -0.2) is 36.5 Å². The van der Waals surface area contributed by atoms with Gasteiger partial charge in [0.15, 0.2) is 0 Å². The molecule has 0 radical (unpaired) electrons. The molecule has 0 spiro atoms. The van der Waals surface area contributed by atoms with Gasteiger partial charge in [0.05, 0.1) is 28.1 Å². The number of nitrogens with zero attached hydrogens (tertiary/aromatic N) is 4. The molecule has 2 aliphatic heterocycles. The lowest BCUT2D eigenvalue weighted by Crippen LogP contribution is -2.61. The van der Waals surface area contributed by atoms with E-state index in [1.807, 2.05) is 48.5 Å². The number of hydrogen-bond donors (Lipinski definition) is 1. The molecule has 1 fully saturated rings. The summed E-state index contributed by atoms with van der Waals surface area (Å²) in [5, 5.41) is 24.1. The first-order valence-corrected chi connectivity index (χ1v) is 11.6. The highest BCUT2D eigenvalue weighted by Gasteiger charge is 2.42. The van der Waals surface area contributed by atoms with Gasteiger partial charge in [0.1, 0.15) is 6.07 Å². The Hall–Kier alpha value is -4.38. The van der Waals surface area contributed by atoms with Crippen molar-refractivity contribution in [2.24, 2.45) is 5.92 Å². The van der Waals surface area contributed by atoms with Crippen LogP contribution in [0.1, 0.15) is 16.7 Å². The number of nitrogens with one attached hydrogen (secondary N) is 1. The van der Waals surface area contributed by atoms with Crippen molar-refractivity contribution in [1.29, 1.82) is 5.26 Å². The molecule has 0 saturated carbocycles. The summed E-state index contributed by atoms with van der Waals surface area (Å²) in [5.41, 5.74) is 4.29. The molecule has 8 nitrogen and oxygen atoms in total. The molecule has 35 heavy (non-hydrogen) atoms. The third-order valence-corrected chi connectivity index (χ3v) is 6.92. The molecule has 3 aromatic rings. The molecule has 1 amide bonds. The van der Waals surface area contributed by atoms with Crippen molar-refractivity contribution >= 4 is 23.0 Å². The number of amides is 1. The minimum absolute atomic E-state index is 0.0345. The maximum atomic E-state index is 13.5. The highest BCUT2D eigenvalue weighted by Crippen LogP contribution is 2.39. The number of nitriles is 1. The van der Waals surface area contributed by atoms with Crippen molar-refractivity contribution in [1.82, 2.24) is 5.32 Å². The van der Waals surface area contributed by atoms with Crippen molar-refractivity contribution in [2.45, 2.75) is 19.0 Å². The normalized spacial score (nSPS) is 18.7. The fourth-order valence-corrected chi connectivity index (χ4v) is 5.20. The number of rotatable bonds is 5. The first-order chi connectivity index (χ1) is 17.0. The van der Waals surface area contributed by atoms with Gasteiger partial charge in [0.2, 0.25) is 5.91 Å². The predicted molar refractivity (Wildman–Crippen MR) is 133 cm³/mol. The lowest BCUT2D eigenvalue weighted by Gasteiger charge is -2.49. The van der Waals surface area contributed by atoms with Crippen LogP contribution in [0.4, 0.5) is 17.1 Å². The number of benzene rings is 3. The zero-order valence-corrected chi connectivity index (χ0v) is 19.1. The monoisotopic (exact) mass is 467 g/mol. The van der Waals surface area contributed by atoms with Crippen LogP contribution in [0.15, 0.2) is 72.8 Å². The molecule has 5 rings (SSSR count). The molecule has 8 heteroatoms. The average molecular weight is 468 g/mol. The van der Waals surface area contributed by atoms with Gasteiger partial charge >= 0.3 is 0 Å². The lowest BCUT2D eigenvalue weighted by atomic mass is 9.83. The van der Waals surface area contributed by atoms with E-state index in [0.29, 0.717) is 38.2 Å². The summed E-state index contributed by atoms with van der Waals surface area (Å²) in [6.07, 6.45) is 0.423. The fraction of sp³-hybridized carbons (Fsp3) is 0.259. The lowest BCUT2D eigenvalue weighted by molar-refractivity contribution is -0.384. The molecule has 0 aliphatic carbocycles. The van der Waals surface area contributed by atoms with E-state index < -0.39 is 4.92 Å². The van der Waals surface area contributed by atoms with Crippen LogP contribution in [0, 0.1) is 27.4 Å². The number of hydrogen-bond acceptors (Lipinski definition) is 6. The Morgan fingerprint density at radius 1 is 1.06 bits per heavy atom.